The van der Waals surface area contributed by atoms with Crippen LogP contribution in [-0.4, -0.2) is 12.6 Å². The molecule has 0 spiro atoms. The quantitative estimate of drug-likeness (QED) is 0.836. The second-order valence-electron chi connectivity index (χ2n) is 5.08. The molecule has 100 valence electrons. The Balaban J connectivity index is 2.89. The number of nitrogens with one attached hydrogen (secondary N) is 1. The molecule has 1 rings (SSSR count). The van der Waals surface area contributed by atoms with E-state index in [2.05, 4.69) is 55.0 Å². The van der Waals surface area contributed by atoms with Crippen LogP contribution in [0.4, 0.5) is 4.39 Å². The Morgan fingerprint density at radius 2 is 2.00 bits per heavy atom. The minimum absolute atomic E-state index is 0.219. The molecule has 0 aliphatic heterocycles. The van der Waals surface area contributed by atoms with E-state index in [1.165, 1.54) is 5.57 Å². The third kappa shape index (κ3) is 4.91. The van der Waals surface area contributed by atoms with Crippen molar-refractivity contribution in [3.05, 3.63) is 39.6 Å². The summed E-state index contributed by atoms with van der Waals surface area (Å²) in [6.07, 6.45) is 2.07. The van der Waals surface area contributed by atoms with Gasteiger partial charge >= 0.3 is 0 Å². The molecule has 0 heterocycles. The van der Waals surface area contributed by atoms with Crippen LogP contribution in [0.15, 0.2) is 28.2 Å². The highest BCUT2D eigenvalue weighted by molar-refractivity contribution is 9.10. The number of rotatable bonds is 5. The summed E-state index contributed by atoms with van der Waals surface area (Å²) < 4.78 is 14.0. The molecule has 1 aromatic rings. The van der Waals surface area contributed by atoms with E-state index in [0.29, 0.717) is 16.4 Å². The highest BCUT2D eigenvalue weighted by Gasteiger charge is 2.06. The zero-order chi connectivity index (χ0) is 13.7. The zero-order valence-electron chi connectivity index (χ0n) is 11.4. The maximum atomic E-state index is 13.5. The number of halogens is 2. The van der Waals surface area contributed by atoms with E-state index in [4.69, 9.17) is 0 Å². The van der Waals surface area contributed by atoms with Crippen molar-refractivity contribution in [2.45, 2.75) is 33.7 Å². The number of hydrogen-bond acceptors (Lipinski definition) is 1. The molecule has 0 amide bonds. The van der Waals surface area contributed by atoms with E-state index >= 15 is 0 Å². The molecule has 0 unspecified atom stereocenters. The van der Waals surface area contributed by atoms with Gasteiger partial charge in [-0.3, -0.25) is 0 Å². The van der Waals surface area contributed by atoms with Gasteiger partial charge in [0, 0.05) is 12.6 Å². The van der Waals surface area contributed by atoms with Gasteiger partial charge in [-0.05, 0) is 39.5 Å². The van der Waals surface area contributed by atoms with Crippen molar-refractivity contribution in [2.24, 2.45) is 5.92 Å². The van der Waals surface area contributed by atoms with Gasteiger partial charge in [0.1, 0.15) is 5.82 Å². The first kappa shape index (κ1) is 15.4. The second kappa shape index (κ2) is 7.05. The van der Waals surface area contributed by atoms with Crippen LogP contribution in [0.1, 0.15) is 33.3 Å². The van der Waals surface area contributed by atoms with Gasteiger partial charge in [-0.1, -0.05) is 45.4 Å². The van der Waals surface area contributed by atoms with E-state index < -0.39 is 0 Å². The maximum Gasteiger partial charge on any atom is 0.137 e. The second-order valence-corrected chi connectivity index (χ2v) is 5.94. The summed E-state index contributed by atoms with van der Waals surface area (Å²) >= 11 is 3.17. The third-order valence-electron chi connectivity index (χ3n) is 2.75. The third-order valence-corrected chi connectivity index (χ3v) is 3.39. The fraction of sp³-hybridized carbons (Fsp3) is 0.467. The molecule has 0 aliphatic carbocycles. The van der Waals surface area contributed by atoms with Crippen molar-refractivity contribution in [3.63, 3.8) is 0 Å². The molecule has 0 aliphatic rings. The first-order valence-electron chi connectivity index (χ1n) is 6.29. The van der Waals surface area contributed by atoms with Crippen molar-refractivity contribution in [3.8, 4) is 0 Å². The topological polar surface area (TPSA) is 12.0 Å². The van der Waals surface area contributed by atoms with Crippen molar-refractivity contribution in [1.82, 2.24) is 5.32 Å². The molecular weight excluding hydrogens is 293 g/mol. The van der Waals surface area contributed by atoms with Crippen molar-refractivity contribution < 1.29 is 4.39 Å². The van der Waals surface area contributed by atoms with Gasteiger partial charge in [-0.15, -0.1) is 0 Å². The Labute approximate surface area is 118 Å². The van der Waals surface area contributed by atoms with Crippen molar-refractivity contribution in [1.29, 1.82) is 0 Å². The lowest BCUT2D eigenvalue weighted by atomic mass is 10.00. The summed E-state index contributed by atoms with van der Waals surface area (Å²) in [7, 11) is 0. The minimum Gasteiger partial charge on any atom is -0.311 e. The Bertz CT molecular complexity index is 425. The normalized spacial score (nSPS) is 12.6. The molecule has 18 heavy (non-hydrogen) atoms. The molecule has 0 atom stereocenters. The van der Waals surface area contributed by atoms with Crippen LogP contribution in [-0.2, 0) is 0 Å². The summed E-state index contributed by atoms with van der Waals surface area (Å²) in [6.45, 7) is 9.40. The summed E-state index contributed by atoms with van der Waals surface area (Å²) in [5.41, 5.74) is 2.19. The van der Waals surface area contributed by atoms with Crippen LogP contribution in [0, 0.1) is 11.7 Å². The average Bonchev–Trinajstić information content (AvgIpc) is 2.28. The number of hydrogen-bond donors (Lipinski definition) is 1. The van der Waals surface area contributed by atoms with Crippen LogP contribution in [0.2, 0.25) is 0 Å². The van der Waals surface area contributed by atoms with E-state index in [1.54, 1.807) is 12.1 Å². The molecule has 0 saturated heterocycles. The van der Waals surface area contributed by atoms with Crippen molar-refractivity contribution >= 4 is 22.0 Å². The van der Waals surface area contributed by atoms with Crippen LogP contribution in [0.3, 0.4) is 0 Å². The van der Waals surface area contributed by atoms with E-state index in [0.717, 1.165) is 12.1 Å². The molecule has 0 saturated carbocycles. The Morgan fingerprint density at radius 1 is 1.33 bits per heavy atom. The van der Waals surface area contributed by atoms with Gasteiger partial charge < -0.3 is 5.32 Å². The molecule has 1 nitrogen and oxygen atoms in total. The predicted octanol–water partition coefficient (Wildman–Crippen LogP) is 4.63. The van der Waals surface area contributed by atoms with Crippen molar-refractivity contribution in [2.75, 3.05) is 6.54 Å². The first-order valence-corrected chi connectivity index (χ1v) is 7.08. The van der Waals surface area contributed by atoms with E-state index in [1.807, 2.05) is 6.07 Å². The van der Waals surface area contributed by atoms with Gasteiger partial charge in [-0.25, -0.2) is 4.39 Å². The summed E-state index contributed by atoms with van der Waals surface area (Å²) in [5.74, 6) is 0.228. The SMILES string of the molecule is CC(C)NC/C(=C/c1ccc(Br)c(F)c1)C(C)C. The van der Waals surface area contributed by atoms with Crippen LogP contribution in [0.5, 0.6) is 0 Å². The molecule has 0 fully saturated rings. The van der Waals surface area contributed by atoms with Crippen LogP contribution < -0.4 is 5.32 Å². The van der Waals surface area contributed by atoms with Gasteiger partial charge in [0.05, 0.1) is 4.47 Å². The monoisotopic (exact) mass is 313 g/mol. The smallest absolute Gasteiger partial charge is 0.137 e. The Morgan fingerprint density at radius 3 is 2.50 bits per heavy atom. The summed E-state index contributed by atoms with van der Waals surface area (Å²) in [4.78, 5) is 0. The zero-order valence-corrected chi connectivity index (χ0v) is 13.0. The first-order chi connectivity index (χ1) is 8.40. The van der Waals surface area contributed by atoms with Gasteiger partial charge in [0.15, 0.2) is 0 Å². The standard InChI is InChI=1S/C15H21BrFN/c1-10(2)13(9-18-11(3)4)7-12-5-6-14(16)15(17)8-12/h5-8,10-11,18H,9H2,1-4H3/b13-7-. The number of benzene rings is 1. The average molecular weight is 314 g/mol. The lowest BCUT2D eigenvalue weighted by Crippen LogP contribution is -2.26. The molecular formula is C15H21BrFN. The largest absolute Gasteiger partial charge is 0.311 e. The Kier molecular flexibility index (Phi) is 6.03. The molecule has 0 bridgehead atoms. The molecule has 1 N–H and O–H groups in total. The van der Waals surface area contributed by atoms with Gasteiger partial charge in [0.2, 0.25) is 0 Å². The lowest BCUT2D eigenvalue weighted by Gasteiger charge is -2.15. The minimum atomic E-state index is -0.219. The highest BCUT2D eigenvalue weighted by atomic mass is 79.9. The van der Waals surface area contributed by atoms with Gasteiger partial charge in [-0.2, -0.15) is 0 Å². The summed E-state index contributed by atoms with van der Waals surface area (Å²) in [6, 6.07) is 5.68. The predicted molar refractivity (Wildman–Crippen MR) is 80.1 cm³/mol. The molecule has 1 aromatic carbocycles. The maximum absolute atomic E-state index is 13.5. The fourth-order valence-electron chi connectivity index (χ4n) is 1.56. The Hall–Kier alpha value is -0.670. The van der Waals surface area contributed by atoms with Gasteiger partial charge in [0.25, 0.3) is 0 Å². The fourth-order valence-corrected chi connectivity index (χ4v) is 1.81. The molecule has 0 radical (unpaired) electrons. The molecule has 0 aromatic heterocycles. The van der Waals surface area contributed by atoms with Crippen LogP contribution in [0.25, 0.3) is 6.08 Å². The summed E-state index contributed by atoms with van der Waals surface area (Å²) in [5, 5.41) is 3.40. The molecule has 3 heteroatoms. The van der Waals surface area contributed by atoms with Crippen LogP contribution >= 0.6 is 15.9 Å². The van der Waals surface area contributed by atoms with E-state index in [-0.39, 0.29) is 5.82 Å². The highest BCUT2D eigenvalue weighted by Crippen LogP contribution is 2.20. The van der Waals surface area contributed by atoms with E-state index in [9.17, 15) is 4.39 Å². The lowest BCUT2D eigenvalue weighted by molar-refractivity contribution is 0.592.